The van der Waals surface area contributed by atoms with Crippen molar-refractivity contribution in [1.82, 2.24) is 10.3 Å². The predicted octanol–water partition coefficient (Wildman–Crippen LogP) is 4.80. The number of carboxylic acid groups (broad SMARTS) is 1. The summed E-state index contributed by atoms with van der Waals surface area (Å²) in [7, 11) is 0. The van der Waals surface area contributed by atoms with Crippen LogP contribution in [0.1, 0.15) is 29.3 Å². The van der Waals surface area contributed by atoms with Crippen LogP contribution in [0.3, 0.4) is 0 Å². The van der Waals surface area contributed by atoms with Crippen LogP contribution < -0.4 is 5.32 Å². The summed E-state index contributed by atoms with van der Waals surface area (Å²) in [6, 6.07) is 16.7. The Balaban J connectivity index is 1.76. The molecule has 0 saturated carbocycles. The molecule has 0 bridgehead atoms. The number of pyridine rings is 1. The number of nitrogens with zero attached hydrogens (tertiary/aromatic N) is 1. The van der Waals surface area contributed by atoms with Crippen LogP contribution in [-0.2, 0) is 11.3 Å². The van der Waals surface area contributed by atoms with E-state index in [-0.39, 0.29) is 6.54 Å². The molecule has 6 heteroatoms. The molecule has 0 aliphatic carbocycles. The number of hydrogen-bond acceptors (Lipinski definition) is 4. The van der Waals surface area contributed by atoms with E-state index in [1.54, 1.807) is 12.3 Å². The Morgan fingerprint density at radius 3 is 2.55 bits per heavy atom. The summed E-state index contributed by atoms with van der Waals surface area (Å²) >= 11 is 6.44. The van der Waals surface area contributed by atoms with E-state index in [2.05, 4.69) is 22.4 Å². The standard InChI is InChI=1S/C25H25ClN2O3/c1-16-21(19-6-4-3-5-7-19)12-13-27-23(16)11-10-20-9-8-18(14-22(20)26)15-28-24(17(2)29)25(30)31/h3-14,17,24,28-29H,15H2,1-2H3,(H,30,31)/b11-10+/t17-,24?/m0/s1. The number of benzene rings is 2. The van der Waals surface area contributed by atoms with Gasteiger partial charge >= 0.3 is 5.97 Å². The minimum atomic E-state index is -1.10. The lowest BCUT2D eigenvalue weighted by Gasteiger charge is -2.17. The first kappa shape index (κ1) is 22.7. The van der Waals surface area contributed by atoms with Gasteiger partial charge in [-0.15, -0.1) is 0 Å². The number of aromatic nitrogens is 1. The molecular formula is C25H25ClN2O3. The van der Waals surface area contributed by atoms with E-state index >= 15 is 0 Å². The van der Waals surface area contributed by atoms with Gasteiger partial charge in [0.1, 0.15) is 6.04 Å². The molecule has 31 heavy (non-hydrogen) atoms. The SMILES string of the molecule is Cc1c(-c2ccccc2)ccnc1/C=C/c1ccc(CNC(C(=O)O)[C@H](C)O)cc1Cl. The number of halogens is 1. The molecule has 5 nitrogen and oxygen atoms in total. The van der Waals surface area contributed by atoms with Crippen LogP contribution in [0.15, 0.2) is 60.8 Å². The second kappa shape index (κ2) is 10.4. The number of nitrogens with one attached hydrogen (secondary N) is 1. The van der Waals surface area contributed by atoms with Crippen LogP contribution in [0.25, 0.3) is 23.3 Å². The van der Waals surface area contributed by atoms with Crippen LogP contribution in [0.2, 0.25) is 5.02 Å². The van der Waals surface area contributed by atoms with Gasteiger partial charge in [-0.05, 0) is 59.9 Å². The van der Waals surface area contributed by atoms with E-state index in [1.165, 1.54) is 6.92 Å². The molecule has 2 aromatic carbocycles. The normalized spacial score (nSPS) is 13.3. The van der Waals surface area contributed by atoms with Crippen molar-refractivity contribution in [2.45, 2.75) is 32.5 Å². The molecule has 0 spiro atoms. The summed E-state index contributed by atoms with van der Waals surface area (Å²) in [5, 5.41) is 22.1. The topological polar surface area (TPSA) is 82.5 Å². The zero-order valence-electron chi connectivity index (χ0n) is 17.4. The highest BCUT2D eigenvalue weighted by atomic mass is 35.5. The van der Waals surface area contributed by atoms with Gasteiger partial charge in [0.25, 0.3) is 0 Å². The summed E-state index contributed by atoms with van der Waals surface area (Å²) in [6.07, 6.45) is 4.65. The monoisotopic (exact) mass is 436 g/mol. The fourth-order valence-electron chi connectivity index (χ4n) is 3.33. The Labute approximate surface area is 187 Å². The second-order valence-electron chi connectivity index (χ2n) is 7.36. The Hall–Kier alpha value is -2.99. The predicted molar refractivity (Wildman–Crippen MR) is 125 cm³/mol. The third-order valence-electron chi connectivity index (χ3n) is 5.09. The maximum atomic E-state index is 11.2. The number of aliphatic carboxylic acids is 1. The van der Waals surface area contributed by atoms with E-state index in [0.717, 1.165) is 33.5 Å². The number of hydrogen-bond donors (Lipinski definition) is 3. The highest BCUT2D eigenvalue weighted by Crippen LogP contribution is 2.26. The molecule has 0 saturated heterocycles. The molecule has 0 fully saturated rings. The zero-order chi connectivity index (χ0) is 22.4. The molecule has 0 radical (unpaired) electrons. The number of carbonyl (C=O) groups is 1. The second-order valence-corrected chi connectivity index (χ2v) is 7.77. The van der Waals surface area contributed by atoms with E-state index in [9.17, 15) is 9.90 Å². The van der Waals surface area contributed by atoms with E-state index in [0.29, 0.717) is 5.02 Å². The van der Waals surface area contributed by atoms with Gasteiger partial charge in [0.2, 0.25) is 0 Å². The van der Waals surface area contributed by atoms with Crippen LogP contribution >= 0.6 is 11.6 Å². The average Bonchev–Trinajstić information content (AvgIpc) is 2.74. The first-order valence-corrected chi connectivity index (χ1v) is 10.4. The van der Waals surface area contributed by atoms with Crippen molar-refractivity contribution in [1.29, 1.82) is 0 Å². The van der Waals surface area contributed by atoms with Crippen LogP contribution in [0.5, 0.6) is 0 Å². The van der Waals surface area contributed by atoms with Gasteiger partial charge in [0.15, 0.2) is 0 Å². The summed E-state index contributed by atoms with van der Waals surface area (Å²) < 4.78 is 0. The first-order valence-electron chi connectivity index (χ1n) is 9.98. The smallest absolute Gasteiger partial charge is 0.323 e. The van der Waals surface area contributed by atoms with Crippen molar-refractivity contribution in [3.63, 3.8) is 0 Å². The minimum Gasteiger partial charge on any atom is -0.480 e. The van der Waals surface area contributed by atoms with Crippen molar-refractivity contribution < 1.29 is 15.0 Å². The first-order chi connectivity index (χ1) is 14.9. The third-order valence-corrected chi connectivity index (χ3v) is 5.42. The van der Waals surface area contributed by atoms with Gasteiger partial charge in [-0.2, -0.15) is 0 Å². The van der Waals surface area contributed by atoms with Crippen LogP contribution in [0, 0.1) is 6.92 Å². The van der Waals surface area contributed by atoms with Gasteiger partial charge in [-0.25, -0.2) is 0 Å². The zero-order valence-corrected chi connectivity index (χ0v) is 18.2. The van der Waals surface area contributed by atoms with Gasteiger partial charge in [-0.3, -0.25) is 15.1 Å². The minimum absolute atomic E-state index is 0.283. The molecular weight excluding hydrogens is 412 g/mol. The van der Waals surface area contributed by atoms with Crippen molar-refractivity contribution in [3.8, 4) is 11.1 Å². The fourth-order valence-corrected chi connectivity index (χ4v) is 3.59. The molecule has 1 unspecified atom stereocenters. The summed E-state index contributed by atoms with van der Waals surface area (Å²) in [5.41, 5.74) is 5.89. The van der Waals surface area contributed by atoms with Crippen molar-refractivity contribution in [2.24, 2.45) is 0 Å². The van der Waals surface area contributed by atoms with Crippen molar-refractivity contribution in [3.05, 3.63) is 88.2 Å². The van der Waals surface area contributed by atoms with E-state index < -0.39 is 18.1 Å². The third kappa shape index (κ3) is 5.79. The molecule has 1 aromatic heterocycles. The lowest BCUT2D eigenvalue weighted by molar-refractivity contribution is -0.142. The molecule has 160 valence electrons. The van der Waals surface area contributed by atoms with Gasteiger partial charge in [0, 0.05) is 17.8 Å². The summed E-state index contributed by atoms with van der Waals surface area (Å²) in [6.45, 7) is 3.77. The number of aliphatic hydroxyl groups excluding tert-OH is 1. The molecule has 0 aliphatic rings. The number of rotatable bonds is 8. The van der Waals surface area contributed by atoms with Crippen LogP contribution in [0.4, 0.5) is 0 Å². The Bertz CT molecular complexity index is 1080. The quantitative estimate of drug-likeness (QED) is 0.472. The fraction of sp³-hybridized carbons (Fsp3) is 0.200. The number of carboxylic acids is 1. The Morgan fingerprint density at radius 2 is 1.90 bits per heavy atom. The lowest BCUT2D eigenvalue weighted by Crippen LogP contribution is -2.44. The largest absolute Gasteiger partial charge is 0.480 e. The molecule has 1 heterocycles. The summed E-state index contributed by atoms with van der Waals surface area (Å²) in [4.78, 5) is 15.7. The maximum absolute atomic E-state index is 11.2. The van der Waals surface area contributed by atoms with Gasteiger partial charge < -0.3 is 10.2 Å². The number of aliphatic hydroxyl groups is 1. The summed E-state index contributed by atoms with van der Waals surface area (Å²) in [5.74, 6) is -1.10. The molecule has 3 aromatic rings. The van der Waals surface area contributed by atoms with Crippen molar-refractivity contribution >= 4 is 29.7 Å². The van der Waals surface area contributed by atoms with Crippen molar-refractivity contribution in [2.75, 3.05) is 0 Å². The molecule has 3 rings (SSSR count). The lowest BCUT2D eigenvalue weighted by atomic mass is 10.00. The molecule has 0 aliphatic heterocycles. The molecule has 0 amide bonds. The maximum Gasteiger partial charge on any atom is 0.323 e. The molecule has 3 N–H and O–H groups in total. The van der Waals surface area contributed by atoms with Gasteiger partial charge in [0.05, 0.1) is 11.8 Å². The average molecular weight is 437 g/mol. The van der Waals surface area contributed by atoms with Gasteiger partial charge in [-0.1, -0.05) is 60.1 Å². The Morgan fingerprint density at radius 1 is 1.16 bits per heavy atom. The van der Waals surface area contributed by atoms with E-state index in [1.807, 2.05) is 55.5 Å². The highest BCUT2D eigenvalue weighted by molar-refractivity contribution is 6.32. The van der Waals surface area contributed by atoms with E-state index in [4.69, 9.17) is 16.7 Å². The Kier molecular flexibility index (Phi) is 7.58. The van der Waals surface area contributed by atoms with Crippen LogP contribution in [-0.4, -0.2) is 33.3 Å². The highest BCUT2D eigenvalue weighted by Gasteiger charge is 2.22. The molecule has 2 atom stereocenters.